The number of alkyl halides is 6. The van der Waals surface area contributed by atoms with Crippen molar-refractivity contribution in [3.05, 3.63) is 52.4 Å². The van der Waals surface area contributed by atoms with Crippen LogP contribution in [0.4, 0.5) is 26.3 Å². The van der Waals surface area contributed by atoms with Crippen LogP contribution in [-0.2, 0) is 0 Å². The molecule has 1 aromatic carbocycles. The molecule has 24 heavy (non-hydrogen) atoms. The first-order valence-electron chi connectivity index (χ1n) is 7.02. The topological polar surface area (TPSA) is 0 Å². The third-order valence-electron chi connectivity index (χ3n) is 4.02. The number of thiophene rings is 1. The lowest BCUT2D eigenvalue weighted by Crippen LogP contribution is -2.48. The van der Waals surface area contributed by atoms with Gasteiger partial charge in [0.2, 0.25) is 0 Å². The largest absolute Gasteiger partial charge is 0.380 e. The molecule has 0 saturated heterocycles. The Balaban J connectivity index is 2.10. The van der Waals surface area contributed by atoms with Gasteiger partial charge in [-0.25, -0.2) is 0 Å². The van der Waals surface area contributed by atoms with Gasteiger partial charge in [0.25, 0.3) is 0 Å². The molecule has 0 aliphatic heterocycles. The van der Waals surface area contributed by atoms with Gasteiger partial charge in [-0.1, -0.05) is 29.8 Å². The standard InChI is InChI=1S/C17H12F6S/c1-9-3-5-11(6-4-9)14-7-12(10(2)24-14)13-8-15(18,19)17(22,23)16(13,20)21/h3-8H,1-2H3. The molecule has 2 aromatic rings. The van der Waals surface area contributed by atoms with E-state index in [1.807, 2.05) is 19.1 Å². The zero-order valence-electron chi connectivity index (χ0n) is 12.6. The van der Waals surface area contributed by atoms with Crippen molar-refractivity contribution in [2.45, 2.75) is 31.6 Å². The Kier molecular flexibility index (Phi) is 3.64. The molecule has 128 valence electrons. The van der Waals surface area contributed by atoms with E-state index in [1.165, 1.54) is 13.0 Å². The minimum absolute atomic E-state index is 0.266. The molecule has 1 heterocycles. The van der Waals surface area contributed by atoms with Gasteiger partial charge in [-0.2, -0.15) is 26.3 Å². The van der Waals surface area contributed by atoms with Crippen LogP contribution in [0.25, 0.3) is 16.0 Å². The van der Waals surface area contributed by atoms with Gasteiger partial charge in [-0.15, -0.1) is 11.3 Å². The van der Waals surface area contributed by atoms with Gasteiger partial charge in [0.1, 0.15) is 0 Å². The van der Waals surface area contributed by atoms with E-state index in [9.17, 15) is 26.3 Å². The Hall–Kier alpha value is -1.76. The van der Waals surface area contributed by atoms with E-state index < -0.39 is 23.3 Å². The Labute approximate surface area is 138 Å². The fourth-order valence-electron chi connectivity index (χ4n) is 2.60. The van der Waals surface area contributed by atoms with Gasteiger partial charge >= 0.3 is 17.8 Å². The average Bonchev–Trinajstić information content (AvgIpc) is 2.91. The van der Waals surface area contributed by atoms with Crippen molar-refractivity contribution >= 4 is 16.9 Å². The Bertz CT molecular complexity index is 814. The van der Waals surface area contributed by atoms with Crippen molar-refractivity contribution in [2.75, 3.05) is 0 Å². The summed E-state index contributed by atoms with van der Waals surface area (Å²) in [5, 5.41) is 0. The summed E-state index contributed by atoms with van der Waals surface area (Å²) in [5.74, 6) is -15.2. The Morgan fingerprint density at radius 1 is 0.875 bits per heavy atom. The summed E-state index contributed by atoms with van der Waals surface area (Å²) in [4.78, 5) is 0.836. The summed E-state index contributed by atoms with van der Waals surface area (Å²) in [7, 11) is 0. The van der Waals surface area contributed by atoms with E-state index >= 15 is 0 Å². The van der Waals surface area contributed by atoms with Crippen LogP contribution in [0.1, 0.15) is 16.0 Å². The number of aryl methyl sites for hydroxylation is 2. The molecule has 3 rings (SSSR count). The molecule has 0 saturated carbocycles. The SMILES string of the molecule is Cc1ccc(-c2cc(C3=CC(F)(F)C(F)(F)C3(F)F)c(C)s2)cc1. The second kappa shape index (κ2) is 5.12. The van der Waals surface area contributed by atoms with Gasteiger partial charge in [-0.3, -0.25) is 0 Å². The number of hydrogen-bond acceptors (Lipinski definition) is 1. The molecule has 0 radical (unpaired) electrons. The van der Waals surface area contributed by atoms with Crippen molar-refractivity contribution in [1.29, 1.82) is 0 Å². The first-order valence-corrected chi connectivity index (χ1v) is 7.83. The van der Waals surface area contributed by atoms with Crippen LogP contribution >= 0.6 is 11.3 Å². The molecule has 1 aromatic heterocycles. The van der Waals surface area contributed by atoms with Gasteiger partial charge in [0.15, 0.2) is 0 Å². The minimum atomic E-state index is -5.44. The number of halogens is 6. The van der Waals surface area contributed by atoms with Crippen LogP contribution in [0.2, 0.25) is 0 Å². The lowest BCUT2D eigenvalue weighted by atomic mass is 10.0. The highest BCUT2D eigenvalue weighted by atomic mass is 32.1. The van der Waals surface area contributed by atoms with Crippen LogP contribution in [-0.4, -0.2) is 17.8 Å². The van der Waals surface area contributed by atoms with E-state index in [0.29, 0.717) is 10.4 Å². The molecule has 0 nitrogen and oxygen atoms in total. The van der Waals surface area contributed by atoms with Crippen LogP contribution < -0.4 is 0 Å². The van der Waals surface area contributed by atoms with Crippen molar-refractivity contribution < 1.29 is 26.3 Å². The molecule has 0 N–H and O–H groups in total. The Morgan fingerprint density at radius 2 is 1.46 bits per heavy atom. The fraction of sp³-hybridized carbons (Fsp3) is 0.294. The second-order valence-electron chi connectivity index (χ2n) is 5.78. The molecule has 0 unspecified atom stereocenters. The minimum Gasteiger partial charge on any atom is -0.195 e. The maximum absolute atomic E-state index is 13.9. The highest BCUT2D eigenvalue weighted by molar-refractivity contribution is 7.15. The molecular formula is C17H12F6S. The predicted octanol–water partition coefficient (Wildman–Crippen LogP) is 6.33. The fourth-order valence-corrected chi connectivity index (χ4v) is 3.64. The van der Waals surface area contributed by atoms with Gasteiger partial charge in [0, 0.05) is 21.4 Å². The molecular weight excluding hydrogens is 350 g/mol. The first-order chi connectivity index (χ1) is 11.0. The van der Waals surface area contributed by atoms with Crippen molar-refractivity contribution in [2.24, 2.45) is 0 Å². The van der Waals surface area contributed by atoms with Gasteiger partial charge in [0.05, 0.1) is 0 Å². The van der Waals surface area contributed by atoms with Crippen molar-refractivity contribution in [1.82, 2.24) is 0 Å². The molecule has 0 spiro atoms. The van der Waals surface area contributed by atoms with Crippen LogP contribution in [0.5, 0.6) is 0 Å². The summed E-state index contributed by atoms with van der Waals surface area (Å²) in [6, 6.07) is 8.41. The van der Waals surface area contributed by atoms with E-state index in [1.54, 1.807) is 12.1 Å². The third kappa shape index (κ3) is 2.29. The zero-order valence-corrected chi connectivity index (χ0v) is 13.5. The monoisotopic (exact) mass is 362 g/mol. The number of rotatable bonds is 2. The van der Waals surface area contributed by atoms with Crippen LogP contribution in [0.3, 0.4) is 0 Å². The molecule has 1 aliphatic carbocycles. The molecule has 1 aliphatic rings. The quantitative estimate of drug-likeness (QED) is 0.547. The van der Waals surface area contributed by atoms with Crippen LogP contribution in [0, 0.1) is 13.8 Å². The highest BCUT2D eigenvalue weighted by Crippen LogP contribution is 2.59. The predicted molar refractivity (Wildman–Crippen MR) is 82.0 cm³/mol. The normalized spacial score (nSPS) is 20.9. The summed E-state index contributed by atoms with van der Waals surface area (Å²) in [6.07, 6.45) is -0.305. The molecule has 0 fully saturated rings. The van der Waals surface area contributed by atoms with Crippen molar-refractivity contribution in [3.8, 4) is 10.4 Å². The molecule has 7 heteroatoms. The summed E-state index contributed by atoms with van der Waals surface area (Å²) >= 11 is 1.10. The van der Waals surface area contributed by atoms with E-state index in [0.717, 1.165) is 16.9 Å². The molecule has 0 amide bonds. The number of hydrogen-bond donors (Lipinski definition) is 0. The lowest BCUT2D eigenvalue weighted by Gasteiger charge is -2.25. The highest BCUT2D eigenvalue weighted by Gasteiger charge is 2.76. The van der Waals surface area contributed by atoms with Crippen LogP contribution in [0.15, 0.2) is 36.4 Å². The van der Waals surface area contributed by atoms with Gasteiger partial charge < -0.3 is 0 Å². The van der Waals surface area contributed by atoms with Gasteiger partial charge in [-0.05, 0) is 31.0 Å². The van der Waals surface area contributed by atoms with Crippen molar-refractivity contribution in [3.63, 3.8) is 0 Å². The number of allylic oxidation sites excluding steroid dienone is 2. The summed E-state index contributed by atoms with van der Waals surface area (Å²) < 4.78 is 81.3. The summed E-state index contributed by atoms with van der Waals surface area (Å²) in [5.41, 5.74) is 0.124. The Morgan fingerprint density at radius 3 is 1.96 bits per heavy atom. The smallest absolute Gasteiger partial charge is 0.195 e. The maximum atomic E-state index is 13.9. The maximum Gasteiger partial charge on any atom is 0.380 e. The van der Waals surface area contributed by atoms with E-state index in [-0.39, 0.29) is 16.5 Å². The molecule has 0 atom stereocenters. The second-order valence-corrected chi connectivity index (χ2v) is 7.03. The third-order valence-corrected chi connectivity index (χ3v) is 5.12. The molecule has 0 bridgehead atoms. The zero-order chi connectivity index (χ0) is 17.9. The van der Waals surface area contributed by atoms with E-state index in [4.69, 9.17) is 0 Å². The summed E-state index contributed by atoms with van der Waals surface area (Å²) in [6.45, 7) is 3.33. The van der Waals surface area contributed by atoms with E-state index in [2.05, 4.69) is 0 Å². The number of benzene rings is 1. The first kappa shape index (κ1) is 17.1. The average molecular weight is 362 g/mol. The lowest BCUT2D eigenvalue weighted by molar-refractivity contribution is -0.257.